The van der Waals surface area contributed by atoms with E-state index >= 15 is 0 Å². The summed E-state index contributed by atoms with van der Waals surface area (Å²) in [6.07, 6.45) is 2.72. The molecule has 0 spiro atoms. The second-order valence-electron chi connectivity index (χ2n) is 6.69. The fraction of sp³-hybridized carbons (Fsp3) is 0.556. The van der Waals surface area contributed by atoms with Crippen LogP contribution < -0.4 is 5.32 Å². The predicted molar refractivity (Wildman–Crippen MR) is 101 cm³/mol. The quantitative estimate of drug-likeness (QED) is 0.868. The largest absolute Gasteiger partial charge is 0.341 e. The minimum atomic E-state index is -0.0967. The number of likely N-dealkylation sites (N-methyl/N-ethyl adjacent to an activating group) is 1. The molecule has 2 saturated heterocycles. The third-order valence-corrected chi connectivity index (χ3v) is 5.33. The van der Waals surface area contributed by atoms with Crippen LogP contribution in [-0.2, 0) is 4.79 Å². The summed E-state index contributed by atoms with van der Waals surface area (Å²) in [6.45, 7) is 3.04. The van der Waals surface area contributed by atoms with Crippen LogP contribution in [0.1, 0.15) is 29.6 Å². The summed E-state index contributed by atoms with van der Waals surface area (Å²) >= 11 is 5.88. The monoisotopic (exact) mass is 385 g/mol. The number of piperidine rings is 1. The smallest absolute Gasteiger partial charge is 0.253 e. The van der Waals surface area contributed by atoms with E-state index in [1.807, 2.05) is 11.9 Å². The van der Waals surface area contributed by atoms with Gasteiger partial charge in [0, 0.05) is 43.3 Å². The van der Waals surface area contributed by atoms with Crippen LogP contribution in [0.25, 0.3) is 0 Å². The zero-order chi connectivity index (χ0) is 17.1. The third kappa shape index (κ3) is 4.66. The molecule has 5 nitrogen and oxygen atoms in total. The van der Waals surface area contributed by atoms with Crippen molar-refractivity contribution in [2.75, 3.05) is 33.2 Å². The molecule has 25 heavy (non-hydrogen) atoms. The van der Waals surface area contributed by atoms with Gasteiger partial charge in [-0.3, -0.25) is 9.59 Å². The molecule has 2 amide bonds. The first kappa shape index (κ1) is 20.0. The highest BCUT2D eigenvalue weighted by Gasteiger charge is 2.33. The van der Waals surface area contributed by atoms with Gasteiger partial charge in [0.1, 0.15) is 0 Å². The number of nitrogens with one attached hydrogen (secondary N) is 1. The van der Waals surface area contributed by atoms with Crippen LogP contribution in [0.4, 0.5) is 0 Å². The van der Waals surface area contributed by atoms with Gasteiger partial charge in [0.25, 0.3) is 5.91 Å². The molecule has 0 bridgehead atoms. The standard InChI is InChI=1S/C18H24ClN3O2.ClH/c1-21(16-8-9-20-11-16)17(23)14-3-2-10-22(12-14)18(24)13-4-6-15(19)7-5-13;/h4-7,14,16,20H,2-3,8-12H2,1H3;1H. The number of rotatable bonds is 3. The molecule has 1 aromatic carbocycles. The molecule has 3 rings (SSSR count). The van der Waals surface area contributed by atoms with Gasteiger partial charge in [-0.2, -0.15) is 0 Å². The van der Waals surface area contributed by atoms with Gasteiger partial charge < -0.3 is 15.1 Å². The van der Waals surface area contributed by atoms with E-state index in [2.05, 4.69) is 5.32 Å². The van der Waals surface area contributed by atoms with Crippen molar-refractivity contribution in [1.29, 1.82) is 0 Å². The molecule has 1 aromatic rings. The van der Waals surface area contributed by atoms with Crippen LogP contribution in [-0.4, -0.2) is 60.9 Å². The molecule has 7 heteroatoms. The molecule has 138 valence electrons. The third-order valence-electron chi connectivity index (χ3n) is 5.08. The Morgan fingerprint density at radius 3 is 2.60 bits per heavy atom. The van der Waals surface area contributed by atoms with Gasteiger partial charge in [-0.05, 0) is 50.1 Å². The second kappa shape index (κ2) is 8.88. The van der Waals surface area contributed by atoms with Crippen molar-refractivity contribution in [3.8, 4) is 0 Å². The lowest BCUT2D eigenvalue weighted by Crippen LogP contribution is -2.48. The van der Waals surface area contributed by atoms with Crippen LogP contribution in [0, 0.1) is 5.92 Å². The number of hydrogen-bond donors (Lipinski definition) is 1. The fourth-order valence-corrected chi connectivity index (χ4v) is 3.70. The minimum absolute atomic E-state index is 0. The minimum Gasteiger partial charge on any atom is -0.341 e. The van der Waals surface area contributed by atoms with E-state index in [4.69, 9.17) is 11.6 Å². The molecule has 2 fully saturated rings. The Labute approximate surface area is 160 Å². The first-order valence-corrected chi connectivity index (χ1v) is 8.96. The van der Waals surface area contributed by atoms with Crippen LogP contribution in [0.5, 0.6) is 0 Å². The fourth-order valence-electron chi connectivity index (χ4n) is 3.58. The van der Waals surface area contributed by atoms with Crippen molar-refractivity contribution in [2.45, 2.75) is 25.3 Å². The van der Waals surface area contributed by atoms with Gasteiger partial charge in [0.15, 0.2) is 0 Å². The molecule has 1 N–H and O–H groups in total. The van der Waals surface area contributed by atoms with Crippen molar-refractivity contribution in [3.05, 3.63) is 34.9 Å². The van der Waals surface area contributed by atoms with Crippen LogP contribution in [0.2, 0.25) is 5.02 Å². The number of likely N-dealkylation sites (tertiary alicyclic amines) is 1. The average molecular weight is 386 g/mol. The zero-order valence-electron chi connectivity index (χ0n) is 14.4. The normalized spacial score (nSPS) is 23.0. The Bertz CT molecular complexity index is 603. The zero-order valence-corrected chi connectivity index (χ0v) is 16.0. The van der Waals surface area contributed by atoms with E-state index in [0.717, 1.165) is 32.4 Å². The molecule has 2 aliphatic heterocycles. The van der Waals surface area contributed by atoms with Crippen molar-refractivity contribution in [3.63, 3.8) is 0 Å². The van der Waals surface area contributed by atoms with Crippen LogP contribution >= 0.6 is 24.0 Å². The van der Waals surface area contributed by atoms with E-state index in [0.29, 0.717) is 23.7 Å². The number of halogens is 2. The lowest BCUT2D eigenvalue weighted by molar-refractivity contribution is -0.137. The van der Waals surface area contributed by atoms with E-state index < -0.39 is 0 Å². The van der Waals surface area contributed by atoms with Crippen molar-refractivity contribution in [2.24, 2.45) is 5.92 Å². The lowest BCUT2D eigenvalue weighted by atomic mass is 9.95. The van der Waals surface area contributed by atoms with Gasteiger partial charge >= 0.3 is 0 Å². The Morgan fingerprint density at radius 2 is 1.96 bits per heavy atom. The van der Waals surface area contributed by atoms with Gasteiger partial charge in [0.2, 0.25) is 5.91 Å². The summed E-state index contributed by atoms with van der Waals surface area (Å²) in [4.78, 5) is 29.1. The van der Waals surface area contributed by atoms with Gasteiger partial charge in [-0.25, -0.2) is 0 Å². The van der Waals surface area contributed by atoms with Crippen LogP contribution in [0.3, 0.4) is 0 Å². The molecule has 0 aliphatic carbocycles. The molecule has 0 saturated carbocycles. The molecule has 0 aromatic heterocycles. The summed E-state index contributed by atoms with van der Waals surface area (Å²) in [5.41, 5.74) is 0.626. The average Bonchev–Trinajstić information content (AvgIpc) is 3.15. The topological polar surface area (TPSA) is 52.7 Å². The summed E-state index contributed by atoms with van der Waals surface area (Å²) in [5.74, 6) is 0.0484. The maximum Gasteiger partial charge on any atom is 0.253 e. The number of nitrogens with zero attached hydrogens (tertiary/aromatic N) is 2. The molecule has 2 aliphatic rings. The van der Waals surface area contributed by atoms with Gasteiger partial charge in [-0.1, -0.05) is 11.6 Å². The first-order chi connectivity index (χ1) is 11.6. The van der Waals surface area contributed by atoms with E-state index in [1.165, 1.54) is 0 Å². The molecular formula is C18H25Cl2N3O2. The number of amides is 2. The van der Waals surface area contributed by atoms with Gasteiger partial charge in [0.05, 0.1) is 5.92 Å². The molecule has 2 heterocycles. The van der Waals surface area contributed by atoms with Crippen molar-refractivity contribution < 1.29 is 9.59 Å². The van der Waals surface area contributed by atoms with Gasteiger partial charge in [-0.15, -0.1) is 12.4 Å². The van der Waals surface area contributed by atoms with E-state index in [1.54, 1.807) is 29.2 Å². The summed E-state index contributed by atoms with van der Waals surface area (Å²) < 4.78 is 0. The highest BCUT2D eigenvalue weighted by Crippen LogP contribution is 2.22. The predicted octanol–water partition coefficient (Wildman–Crippen LogP) is 2.43. The number of carbonyl (C=O) groups is 2. The maximum absolute atomic E-state index is 12.8. The lowest BCUT2D eigenvalue weighted by Gasteiger charge is -2.35. The highest BCUT2D eigenvalue weighted by molar-refractivity contribution is 6.30. The molecular weight excluding hydrogens is 361 g/mol. The summed E-state index contributed by atoms with van der Waals surface area (Å²) in [5, 5.41) is 3.91. The first-order valence-electron chi connectivity index (χ1n) is 8.58. The molecule has 2 unspecified atom stereocenters. The van der Waals surface area contributed by atoms with Crippen molar-refractivity contribution in [1.82, 2.24) is 15.1 Å². The number of hydrogen-bond acceptors (Lipinski definition) is 3. The Morgan fingerprint density at radius 1 is 1.24 bits per heavy atom. The van der Waals surface area contributed by atoms with E-state index in [9.17, 15) is 9.59 Å². The highest BCUT2D eigenvalue weighted by atomic mass is 35.5. The van der Waals surface area contributed by atoms with E-state index in [-0.39, 0.29) is 36.2 Å². The molecule has 2 atom stereocenters. The Kier molecular flexibility index (Phi) is 7.11. The Balaban J connectivity index is 0.00000225. The second-order valence-corrected chi connectivity index (χ2v) is 7.13. The Hall–Kier alpha value is -1.30. The SMILES string of the molecule is CN(C(=O)C1CCCN(C(=O)c2ccc(Cl)cc2)C1)C1CCNC1.Cl. The number of carbonyl (C=O) groups excluding carboxylic acids is 2. The number of benzene rings is 1. The summed E-state index contributed by atoms with van der Waals surface area (Å²) in [6, 6.07) is 7.21. The summed E-state index contributed by atoms with van der Waals surface area (Å²) in [7, 11) is 1.89. The van der Waals surface area contributed by atoms with Crippen LogP contribution in [0.15, 0.2) is 24.3 Å². The van der Waals surface area contributed by atoms with Crippen molar-refractivity contribution >= 4 is 35.8 Å². The maximum atomic E-state index is 12.8. The molecule has 0 radical (unpaired) electrons.